The van der Waals surface area contributed by atoms with Crippen molar-refractivity contribution in [3.05, 3.63) is 45.3 Å². The SMILES string of the molecule is Cc1cc(C(=O)O)nc(Oc2ccc(I)cc2)n1. The number of carboxylic acids is 1. The van der Waals surface area contributed by atoms with Crippen LogP contribution < -0.4 is 4.74 Å². The van der Waals surface area contributed by atoms with E-state index in [2.05, 4.69) is 32.6 Å². The molecule has 0 unspecified atom stereocenters. The lowest BCUT2D eigenvalue weighted by atomic mass is 10.3. The van der Waals surface area contributed by atoms with Crippen molar-refractivity contribution in [1.82, 2.24) is 9.97 Å². The number of nitrogens with zero attached hydrogens (tertiary/aromatic N) is 2. The topological polar surface area (TPSA) is 72.3 Å². The van der Waals surface area contributed by atoms with Gasteiger partial charge in [0.25, 0.3) is 0 Å². The van der Waals surface area contributed by atoms with Gasteiger partial charge >= 0.3 is 12.0 Å². The monoisotopic (exact) mass is 356 g/mol. The fourth-order valence-corrected chi connectivity index (χ4v) is 1.66. The molecule has 6 heteroatoms. The van der Waals surface area contributed by atoms with E-state index in [0.29, 0.717) is 11.4 Å². The standard InChI is InChI=1S/C12H9IN2O3/c1-7-6-10(11(16)17)15-12(14-7)18-9-4-2-8(13)3-5-9/h2-6H,1H3,(H,16,17). The molecule has 1 heterocycles. The van der Waals surface area contributed by atoms with Gasteiger partial charge in [-0.3, -0.25) is 0 Å². The van der Waals surface area contributed by atoms with Crippen LogP contribution in [0.15, 0.2) is 30.3 Å². The first kappa shape index (κ1) is 12.7. The number of rotatable bonds is 3. The van der Waals surface area contributed by atoms with Gasteiger partial charge in [-0.05, 0) is 59.8 Å². The summed E-state index contributed by atoms with van der Waals surface area (Å²) in [6.07, 6.45) is 0. The Kier molecular flexibility index (Phi) is 3.75. The molecular formula is C12H9IN2O3. The van der Waals surface area contributed by atoms with Gasteiger partial charge in [0.15, 0.2) is 5.69 Å². The molecule has 0 bridgehead atoms. The van der Waals surface area contributed by atoms with Crippen molar-refractivity contribution in [2.45, 2.75) is 6.92 Å². The second-order valence-electron chi connectivity index (χ2n) is 3.54. The number of benzene rings is 1. The molecule has 0 radical (unpaired) electrons. The summed E-state index contributed by atoms with van der Waals surface area (Å²) in [6, 6.07) is 8.73. The van der Waals surface area contributed by atoms with Gasteiger partial charge in [0.1, 0.15) is 5.75 Å². The zero-order chi connectivity index (χ0) is 13.1. The third-order valence-corrected chi connectivity index (χ3v) is 2.79. The Morgan fingerprint density at radius 3 is 2.56 bits per heavy atom. The van der Waals surface area contributed by atoms with E-state index in [1.165, 1.54) is 6.07 Å². The highest BCUT2D eigenvalue weighted by molar-refractivity contribution is 14.1. The van der Waals surface area contributed by atoms with E-state index in [0.717, 1.165) is 3.57 Å². The molecule has 0 saturated carbocycles. The first-order chi connectivity index (χ1) is 8.54. The lowest BCUT2D eigenvalue weighted by Crippen LogP contribution is -2.04. The van der Waals surface area contributed by atoms with Gasteiger partial charge in [-0.25, -0.2) is 9.78 Å². The van der Waals surface area contributed by atoms with Crippen molar-refractivity contribution in [3.63, 3.8) is 0 Å². The van der Waals surface area contributed by atoms with Crippen LogP contribution in [0.5, 0.6) is 11.8 Å². The van der Waals surface area contributed by atoms with Gasteiger partial charge in [-0.2, -0.15) is 4.98 Å². The number of carbonyl (C=O) groups is 1. The van der Waals surface area contributed by atoms with Crippen LogP contribution in [0.25, 0.3) is 0 Å². The van der Waals surface area contributed by atoms with Gasteiger partial charge in [0.2, 0.25) is 0 Å². The Hall–Kier alpha value is -1.70. The molecule has 0 amide bonds. The van der Waals surface area contributed by atoms with Gasteiger partial charge in [-0.1, -0.05) is 0 Å². The Morgan fingerprint density at radius 1 is 1.28 bits per heavy atom. The number of aromatic carboxylic acids is 1. The highest BCUT2D eigenvalue weighted by atomic mass is 127. The molecule has 0 saturated heterocycles. The number of halogens is 1. The third kappa shape index (κ3) is 3.16. The zero-order valence-corrected chi connectivity index (χ0v) is 11.6. The lowest BCUT2D eigenvalue weighted by molar-refractivity contribution is 0.0689. The summed E-state index contributed by atoms with van der Waals surface area (Å²) in [6.45, 7) is 1.69. The summed E-state index contributed by atoms with van der Waals surface area (Å²) >= 11 is 2.18. The Balaban J connectivity index is 2.28. The molecule has 92 valence electrons. The molecule has 0 aliphatic carbocycles. The number of hydrogen-bond donors (Lipinski definition) is 1. The smallest absolute Gasteiger partial charge is 0.354 e. The number of hydrogen-bond acceptors (Lipinski definition) is 4. The first-order valence-electron chi connectivity index (χ1n) is 5.07. The normalized spacial score (nSPS) is 10.1. The molecule has 0 aliphatic rings. The molecule has 5 nitrogen and oxygen atoms in total. The molecule has 0 atom stereocenters. The van der Waals surface area contributed by atoms with Gasteiger partial charge in [0, 0.05) is 9.26 Å². The first-order valence-corrected chi connectivity index (χ1v) is 6.15. The van der Waals surface area contributed by atoms with Gasteiger partial charge in [-0.15, -0.1) is 0 Å². The number of carboxylic acid groups (broad SMARTS) is 1. The van der Waals surface area contributed by atoms with Crippen molar-refractivity contribution in [2.24, 2.45) is 0 Å². The van der Waals surface area contributed by atoms with Crippen molar-refractivity contribution in [2.75, 3.05) is 0 Å². The van der Waals surface area contributed by atoms with Crippen LogP contribution in [0, 0.1) is 10.5 Å². The maximum absolute atomic E-state index is 10.9. The van der Waals surface area contributed by atoms with Crippen LogP contribution in [0.2, 0.25) is 0 Å². The van der Waals surface area contributed by atoms with Crippen molar-refractivity contribution < 1.29 is 14.6 Å². The molecule has 2 rings (SSSR count). The molecule has 1 aromatic carbocycles. The predicted molar refractivity (Wildman–Crippen MR) is 73.0 cm³/mol. The molecular weight excluding hydrogens is 347 g/mol. The van der Waals surface area contributed by atoms with Crippen LogP contribution >= 0.6 is 22.6 Å². The lowest BCUT2D eigenvalue weighted by Gasteiger charge is -2.05. The van der Waals surface area contributed by atoms with Crippen LogP contribution in [-0.2, 0) is 0 Å². The summed E-state index contributed by atoms with van der Waals surface area (Å²) < 4.78 is 6.50. The van der Waals surface area contributed by atoms with Crippen LogP contribution in [-0.4, -0.2) is 21.0 Å². The number of aryl methyl sites for hydroxylation is 1. The summed E-state index contributed by atoms with van der Waals surface area (Å²) in [5.74, 6) is -0.537. The molecule has 18 heavy (non-hydrogen) atoms. The van der Waals surface area contributed by atoms with E-state index in [4.69, 9.17) is 9.84 Å². The minimum absolute atomic E-state index is 0.0357. The van der Waals surface area contributed by atoms with Crippen molar-refractivity contribution >= 4 is 28.6 Å². The maximum Gasteiger partial charge on any atom is 0.354 e. The molecule has 0 fully saturated rings. The second kappa shape index (κ2) is 5.30. The average molecular weight is 356 g/mol. The Morgan fingerprint density at radius 2 is 1.94 bits per heavy atom. The van der Waals surface area contributed by atoms with Gasteiger partial charge < -0.3 is 9.84 Å². The average Bonchev–Trinajstić information content (AvgIpc) is 2.31. The molecule has 2 aromatic rings. The van der Waals surface area contributed by atoms with E-state index in [-0.39, 0.29) is 11.7 Å². The third-order valence-electron chi connectivity index (χ3n) is 2.08. The van der Waals surface area contributed by atoms with Crippen LogP contribution in [0.3, 0.4) is 0 Å². The molecule has 0 spiro atoms. The summed E-state index contributed by atoms with van der Waals surface area (Å²) in [5, 5.41) is 8.89. The van der Waals surface area contributed by atoms with Crippen LogP contribution in [0.4, 0.5) is 0 Å². The van der Waals surface area contributed by atoms with Crippen LogP contribution in [0.1, 0.15) is 16.2 Å². The fraction of sp³-hybridized carbons (Fsp3) is 0.0833. The minimum atomic E-state index is -1.10. The van der Waals surface area contributed by atoms with E-state index in [9.17, 15) is 4.79 Å². The van der Waals surface area contributed by atoms with Crippen molar-refractivity contribution in [1.29, 1.82) is 0 Å². The van der Waals surface area contributed by atoms with E-state index < -0.39 is 5.97 Å². The summed E-state index contributed by atoms with van der Waals surface area (Å²) in [7, 11) is 0. The van der Waals surface area contributed by atoms with E-state index in [1.807, 2.05) is 12.1 Å². The Labute approximate surface area is 117 Å². The highest BCUT2D eigenvalue weighted by Crippen LogP contribution is 2.19. The summed E-state index contributed by atoms with van der Waals surface area (Å²) in [4.78, 5) is 18.7. The number of aromatic nitrogens is 2. The predicted octanol–water partition coefficient (Wildman–Crippen LogP) is 2.88. The fourth-order valence-electron chi connectivity index (χ4n) is 1.30. The second-order valence-corrected chi connectivity index (χ2v) is 4.78. The van der Waals surface area contributed by atoms with E-state index in [1.54, 1.807) is 19.1 Å². The van der Waals surface area contributed by atoms with Gasteiger partial charge in [0.05, 0.1) is 0 Å². The largest absolute Gasteiger partial charge is 0.477 e. The molecule has 0 aliphatic heterocycles. The quantitative estimate of drug-likeness (QED) is 0.857. The Bertz CT molecular complexity index is 584. The summed E-state index contributed by atoms with van der Waals surface area (Å²) in [5.41, 5.74) is 0.464. The molecule has 1 aromatic heterocycles. The zero-order valence-electron chi connectivity index (χ0n) is 9.42. The maximum atomic E-state index is 10.9. The van der Waals surface area contributed by atoms with E-state index >= 15 is 0 Å². The highest BCUT2D eigenvalue weighted by Gasteiger charge is 2.10. The number of ether oxygens (including phenoxy) is 1. The molecule has 1 N–H and O–H groups in total. The minimum Gasteiger partial charge on any atom is -0.477 e. The van der Waals surface area contributed by atoms with Crippen molar-refractivity contribution in [3.8, 4) is 11.8 Å².